The summed E-state index contributed by atoms with van der Waals surface area (Å²) in [5.41, 5.74) is 6.05. The van der Waals surface area contributed by atoms with Gasteiger partial charge in [-0.1, -0.05) is 30.7 Å². The molecule has 0 N–H and O–H groups in total. The average Bonchev–Trinajstić information content (AvgIpc) is 2.98. The molecule has 0 spiro atoms. The minimum absolute atomic E-state index is 0.190. The number of fused-ring (bicyclic) bond motifs is 5. The first-order valence-corrected chi connectivity index (χ1v) is 10.3. The summed E-state index contributed by atoms with van der Waals surface area (Å²) in [6.07, 6.45) is 10.8. The predicted octanol–water partition coefficient (Wildman–Crippen LogP) is 6.17. The molecule has 1 aromatic heterocycles. The molecule has 5 unspecified atom stereocenters. The number of aryl methyl sites for hydroxylation is 2. The Labute approximate surface area is 156 Å². The van der Waals surface area contributed by atoms with Crippen molar-refractivity contribution in [3.63, 3.8) is 0 Å². The molecule has 2 aromatic rings. The van der Waals surface area contributed by atoms with Crippen LogP contribution in [-0.2, 0) is 6.42 Å². The molecule has 1 aromatic carbocycles. The molecular formula is C24H28FN. The van der Waals surface area contributed by atoms with Crippen molar-refractivity contribution in [1.29, 1.82) is 0 Å². The summed E-state index contributed by atoms with van der Waals surface area (Å²) >= 11 is 0. The van der Waals surface area contributed by atoms with Crippen LogP contribution < -0.4 is 0 Å². The molecule has 26 heavy (non-hydrogen) atoms. The fourth-order valence-corrected chi connectivity index (χ4v) is 6.88. The Morgan fingerprint density at radius 2 is 1.96 bits per heavy atom. The topological polar surface area (TPSA) is 12.9 Å². The van der Waals surface area contributed by atoms with Crippen LogP contribution in [0.15, 0.2) is 36.7 Å². The summed E-state index contributed by atoms with van der Waals surface area (Å²) in [6.45, 7) is 4.69. The highest BCUT2D eigenvalue weighted by Gasteiger charge is 2.55. The van der Waals surface area contributed by atoms with Gasteiger partial charge in [-0.3, -0.25) is 4.98 Å². The number of hydrogen-bond acceptors (Lipinski definition) is 1. The predicted molar refractivity (Wildman–Crippen MR) is 103 cm³/mol. The summed E-state index contributed by atoms with van der Waals surface area (Å²) in [5, 5.41) is 0. The molecule has 2 saturated carbocycles. The van der Waals surface area contributed by atoms with Gasteiger partial charge in [0.1, 0.15) is 5.82 Å². The zero-order valence-corrected chi connectivity index (χ0v) is 15.8. The molecule has 3 aliphatic rings. The minimum Gasteiger partial charge on any atom is -0.261 e. The molecule has 0 bridgehead atoms. The van der Waals surface area contributed by atoms with Gasteiger partial charge in [0.25, 0.3) is 0 Å². The maximum absolute atomic E-state index is 13.8. The number of rotatable bonds is 1. The Morgan fingerprint density at radius 1 is 1.08 bits per heavy atom. The molecule has 2 heteroatoms. The molecule has 136 valence electrons. The fourth-order valence-electron chi connectivity index (χ4n) is 6.88. The third-order valence-corrected chi connectivity index (χ3v) is 8.01. The van der Waals surface area contributed by atoms with Crippen molar-refractivity contribution in [1.82, 2.24) is 4.98 Å². The number of nitrogens with zero attached hydrogens (tertiary/aromatic N) is 1. The molecule has 1 nitrogen and oxygen atoms in total. The zero-order valence-electron chi connectivity index (χ0n) is 15.8. The number of aromatic nitrogens is 1. The van der Waals surface area contributed by atoms with Gasteiger partial charge < -0.3 is 0 Å². The smallest absolute Gasteiger partial charge is 0.141 e. The van der Waals surface area contributed by atoms with Crippen LogP contribution in [0.2, 0.25) is 0 Å². The van der Waals surface area contributed by atoms with E-state index in [2.05, 4.69) is 37.0 Å². The molecule has 0 amide bonds. The first-order valence-electron chi connectivity index (χ1n) is 10.3. The van der Waals surface area contributed by atoms with E-state index in [1.54, 1.807) is 17.2 Å². The van der Waals surface area contributed by atoms with E-state index in [9.17, 15) is 4.39 Å². The van der Waals surface area contributed by atoms with Crippen LogP contribution in [0.1, 0.15) is 73.1 Å². The van der Waals surface area contributed by atoms with Crippen LogP contribution in [0.4, 0.5) is 4.39 Å². The summed E-state index contributed by atoms with van der Waals surface area (Å²) in [7, 11) is 0. The van der Waals surface area contributed by atoms with Gasteiger partial charge in [0, 0.05) is 6.20 Å². The van der Waals surface area contributed by atoms with Gasteiger partial charge in [0.05, 0.1) is 6.20 Å². The molecule has 5 atom stereocenters. The van der Waals surface area contributed by atoms with Crippen molar-refractivity contribution in [2.75, 3.05) is 0 Å². The number of halogens is 1. The maximum Gasteiger partial charge on any atom is 0.141 e. The normalized spacial score (nSPS) is 35.5. The number of hydrogen-bond donors (Lipinski definition) is 0. The van der Waals surface area contributed by atoms with Gasteiger partial charge in [-0.05, 0) is 97.3 Å². The van der Waals surface area contributed by atoms with E-state index in [-0.39, 0.29) is 5.82 Å². The van der Waals surface area contributed by atoms with E-state index >= 15 is 0 Å². The van der Waals surface area contributed by atoms with Crippen LogP contribution in [0.3, 0.4) is 0 Å². The molecule has 0 aliphatic heterocycles. The second kappa shape index (κ2) is 5.90. The molecule has 3 aliphatic carbocycles. The number of benzene rings is 1. The molecular weight excluding hydrogens is 321 g/mol. The summed E-state index contributed by atoms with van der Waals surface area (Å²) < 4.78 is 13.8. The SMILES string of the molecule is Cc1ccc2c(c1)CCC1C2CCC2(C)C(c3cncc(F)c3)CCC12. The van der Waals surface area contributed by atoms with E-state index in [0.717, 1.165) is 23.3 Å². The van der Waals surface area contributed by atoms with E-state index in [1.165, 1.54) is 50.3 Å². The highest BCUT2D eigenvalue weighted by molar-refractivity contribution is 5.38. The summed E-state index contributed by atoms with van der Waals surface area (Å²) in [5.74, 6) is 2.59. The van der Waals surface area contributed by atoms with E-state index in [1.807, 2.05) is 6.20 Å². The summed E-state index contributed by atoms with van der Waals surface area (Å²) in [4.78, 5) is 4.14. The molecule has 0 radical (unpaired) electrons. The van der Waals surface area contributed by atoms with Gasteiger partial charge >= 0.3 is 0 Å². The molecule has 0 saturated heterocycles. The number of pyridine rings is 1. The van der Waals surface area contributed by atoms with Crippen LogP contribution in [0, 0.1) is 30.0 Å². The monoisotopic (exact) mass is 349 g/mol. The Balaban J connectivity index is 1.48. The van der Waals surface area contributed by atoms with Crippen molar-refractivity contribution >= 4 is 0 Å². The maximum atomic E-state index is 13.8. The van der Waals surface area contributed by atoms with Crippen LogP contribution in [0.5, 0.6) is 0 Å². The lowest BCUT2D eigenvalue weighted by Crippen LogP contribution is -2.41. The van der Waals surface area contributed by atoms with Crippen molar-refractivity contribution < 1.29 is 4.39 Å². The fraction of sp³-hybridized carbons (Fsp3) is 0.542. The van der Waals surface area contributed by atoms with Crippen LogP contribution >= 0.6 is 0 Å². The first kappa shape index (κ1) is 16.5. The quantitative estimate of drug-likeness (QED) is 0.600. The third kappa shape index (κ3) is 2.37. The van der Waals surface area contributed by atoms with Gasteiger partial charge in [-0.2, -0.15) is 0 Å². The second-order valence-electron chi connectivity index (χ2n) is 9.23. The van der Waals surface area contributed by atoms with Crippen molar-refractivity contribution in [2.24, 2.45) is 17.3 Å². The van der Waals surface area contributed by atoms with Gasteiger partial charge in [-0.25, -0.2) is 4.39 Å². The van der Waals surface area contributed by atoms with Gasteiger partial charge in [0.15, 0.2) is 0 Å². The third-order valence-electron chi connectivity index (χ3n) is 8.01. The van der Waals surface area contributed by atoms with Crippen molar-refractivity contribution in [3.8, 4) is 0 Å². The van der Waals surface area contributed by atoms with Gasteiger partial charge in [-0.15, -0.1) is 0 Å². The van der Waals surface area contributed by atoms with Crippen molar-refractivity contribution in [2.45, 2.75) is 64.2 Å². The lowest BCUT2D eigenvalue weighted by Gasteiger charge is -2.51. The second-order valence-corrected chi connectivity index (χ2v) is 9.23. The highest BCUT2D eigenvalue weighted by atomic mass is 19.1. The lowest BCUT2D eigenvalue weighted by atomic mass is 9.53. The summed E-state index contributed by atoms with van der Waals surface area (Å²) in [6, 6.07) is 8.85. The average molecular weight is 349 g/mol. The standard InChI is InChI=1S/C24H28FN/c1-15-3-5-19-16(11-15)4-6-21-20(19)9-10-24(2)22(7-8-23(21)24)17-12-18(25)14-26-13-17/h3,5,11-14,20-23H,4,6-10H2,1-2H3. The van der Waals surface area contributed by atoms with Crippen LogP contribution in [0.25, 0.3) is 0 Å². The Morgan fingerprint density at radius 3 is 2.81 bits per heavy atom. The van der Waals surface area contributed by atoms with Crippen LogP contribution in [-0.4, -0.2) is 4.98 Å². The van der Waals surface area contributed by atoms with Crippen molar-refractivity contribution in [3.05, 3.63) is 64.7 Å². The first-order chi connectivity index (χ1) is 12.6. The minimum atomic E-state index is -0.190. The lowest BCUT2D eigenvalue weighted by molar-refractivity contribution is 0.0481. The van der Waals surface area contributed by atoms with Gasteiger partial charge in [0.2, 0.25) is 0 Å². The molecule has 1 heterocycles. The Hall–Kier alpha value is -1.70. The van der Waals surface area contributed by atoms with E-state index < -0.39 is 0 Å². The van der Waals surface area contributed by atoms with E-state index in [0.29, 0.717) is 11.3 Å². The Kier molecular flexibility index (Phi) is 3.74. The Bertz CT molecular complexity index is 844. The molecule has 5 rings (SSSR count). The zero-order chi connectivity index (χ0) is 17.9. The molecule has 2 fully saturated rings. The largest absolute Gasteiger partial charge is 0.261 e. The highest BCUT2D eigenvalue weighted by Crippen LogP contribution is 2.65. The van der Waals surface area contributed by atoms with E-state index in [4.69, 9.17) is 0 Å².